The normalized spacial score (nSPS) is 15.5. The molecule has 28 heavy (non-hydrogen) atoms. The van der Waals surface area contributed by atoms with Gasteiger partial charge in [-0.3, -0.25) is 0 Å². The van der Waals surface area contributed by atoms with Crippen molar-refractivity contribution in [3.8, 4) is 11.1 Å². The van der Waals surface area contributed by atoms with Gasteiger partial charge in [-0.2, -0.15) is 0 Å². The summed E-state index contributed by atoms with van der Waals surface area (Å²) in [6, 6.07) is 5.73. The quantitative estimate of drug-likeness (QED) is 0.553. The number of imidazole rings is 1. The average molecular weight is 396 g/mol. The van der Waals surface area contributed by atoms with Crippen molar-refractivity contribution in [1.29, 1.82) is 0 Å². The van der Waals surface area contributed by atoms with Gasteiger partial charge in [-0.1, -0.05) is 11.3 Å². The summed E-state index contributed by atoms with van der Waals surface area (Å²) in [6.45, 7) is 7.84. The lowest BCUT2D eigenvalue weighted by atomic mass is 10.1. The second kappa shape index (κ2) is 6.83. The second-order valence-corrected chi connectivity index (χ2v) is 8.43. The summed E-state index contributed by atoms with van der Waals surface area (Å²) in [5.41, 5.74) is 5.31. The summed E-state index contributed by atoms with van der Waals surface area (Å²) in [4.78, 5) is 11.4. The van der Waals surface area contributed by atoms with Gasteiger partial charge in [-0.15, -0.1) is 0 Å². The number of thiazole rings is 1. The average Bonchev–Trinajstić information content (AvgIpc) is 3.15. The Balaban J connectivity index is 1.59. The van der Waals surface area contributed by atoms with Crippen LogP contribution in [0.4, 0.5) is 9.52 Å². The molecule has 0 saturated carbocycles. The molecule has 4 aromatic rings. The van der Waals surface area contributed by atoms with Crippen molar-refractivity contribution in [3.63, 3.8) is 0 Å². The number of pyridine rings is 1. The molecule has 1 aromatic carbocycles. The van der Waals surface area contributed by atoms with Gasteiger partial charge in [-0.05, 0) is 61.7 Å². The second-order valence-electron chi connectivity index (χ2n) is 7.42. The molecule has 0 amide bonds. The van der Waals surface area contributed by atoms with E-state index in [1.807, 2.05) is 30.6 Å². The standard InChI is InChI=1S/C21H22FN5S/c1-13-8-16(12-27-11-14(2)24-20(13)27)15-9-17(22)19-18(10-15)28-21(25-19)26-6-3-4-23-5-7-26/h8-12,23H,3-7H2,1-2H3. The van der Waals surface area contributed by atoms with Crippen LogP contribution in [0.25, 0.3) is 27.0 Å². The number of anilines is 1. The topological polar surface area (TPSA) is 45.5 Å². The zero-order valence-electron chi connectivity index (χ0n) is 16.0. The van der Waals surface area contributed by atoms with Crippen LogP contribution in [0, 0.1) is 19.7 Å². The molecular formula is C21H22FN5S. The number of nitrogens with one attached hydrogen (secondary N) is 1. The van der Waals surface area contributed by atoms with E-state index in [0.29, 0.717) is 5.52 Å². The monoisotopic (exact) mass is 395 g/mol. The lowest BCUT2D eigenvalue weighted by Crippen LogP contribution is -2.27. The van der Waals surface area contributed by atoms with Gasteiger partial charge < -0.3 is 14.6 Å². The predicted octanol–water partition coefficient (Wildman–Crippen LogP) is 4.17. The maximum absolute atomic E-state index is 14.9. The lowest BCUT2D eigenvalue weighted by molar-refractivity contribution is 0.637. The van der Waals surface area contributed by atoms with E-state index < -0.39 is 0 Å². The molecule has 0 bridgehead atoms. The number of rotatable bonds is 2. The molecule has 0 aliphatic carbocycles. The maximum atomic E-state index is 14.9. The number of nitrogens with zero attached hydrogens (tertiary/aromatic N) is 4. The molecule has 7 heteroatoms. The third kappa shape index (κ3) is 3.04. The van der Waals surface area contributed by atoms with Crippen LogP contribution in [0.15, 0.2) is 30.6 Å². The van der Waals surface area contributed by atoms with Gasteiger partial charge in [0.15, 0.2) is 10.9 Å². The molecule has 0 unspecified atom stereocenters. The Labute approximate surface area is 166 Å². The third-order valence-corrected chi connectivity index (χ3v) is 6.30. The molecule has 1 aliphatic rings. The largest absolute Gasteiger partial charge is 0.347 e. The molecule has 3 aromatic heterocycles. The SMILES string of the molecule is Cc1cn2cc(-c3cc(F)c4nc(N5CCCNCC5)sc4c3)cc(C)c2n1. The Morgan fingerprint density at radius 1 is 1.04 bits per heavy atom. The third-order valence-electron chi connectivity index (χ3n) is 5.24. The first kappa shape index (κ1) is 17.6. The minimum atomic E-state index is -0.262. The van der Waals surface area contributed by atoms with Crippen LogP contribution < -0.4 is 10.2 Å². The van der Waals surface area contributed by atoms with Crippen LogP contribution >= 0.6 is 11.3 Å². The highest BCUT2D eigenvalue weighted by molar-refractivity contribution is 7.22. The fourth-order valence-electron chi connectivity index (χ4n) is 3.86. The van der Waals surface area contributed by atoms with Gasteiger partial charge in [0, 0.05) is 32.0 Å². The van der Waals surface area contributed by atoms with E-state index in [-0.39, 0.29) is 5.82 Å². The zero-order chi connectivity index (χ0) is 19.3. The number of fused-ring (bicyclic) bond motifs is 2. The van der Waals surface area contributed by atoms with Gasteiger partial charge in [0.1, 0.15) is 11.2 Å². The van der Waals surface area contributed by atoms with E-state index >= 15 is 0 Å². The van der Waals surface area contributed by atoms with Crippen molar-refractivity contribution in [2.45, 2.75) is 20.3 Å². The van der Waals surface area contributed by atoms with Crippen LogP contribution in [0.2, 0.25) is 0 Å². The molecule has 0 radical (unpaired) electrons. The molecule has 4 heterocycles. The molecule has 5 rings (SSSR count). The first-order valence-corrected chi connectivity index (χ1v) is 10.4. The Bertz CT molecular complexity index is 1170. The number of hydrogen-bond donors (Lipinski definition) is 1. The highest BCUT2D eigenvalue weighted by atomic mass is 32.1. The highest BCUT2D eigenvalue weighted by Crippen LogP contribution is 2.35. The van der Waals surface area contributed by atoms with Crippen LogP contribution in [0.3, 0.4) is 0 Å². The molecule has 0 atom stereocenters. The summed E-state index contributed by atoms with van der Waals surface area (Å²) in [7, 11) is 0. The van der Waals surface area contributed by atoms with Crippen molar-refractivity contribution in [2.75, 3.05) is 31.1 Å². The van der Waals surface area contributed by atoms with Crippen molar-refractivity contribution >= 4 is 32.3 Å². The van der Waals surface area contributed by atoms with Crippen molar-refractivity contribution in [2.24, 2.45) is 0 Å². The van der Waals surface area contributed by atoms with Crippen molar-refractivity contribution in [1.82, 2.24) is 19.7 Å². The molecule has 1 aliphatic heterocycles. The minimum absolute atomic E-state index is 0.262. The molecular weight excluding hydrogens is 373 g/mol. The molecule has 1 fully saturated rings. The number of hydrogen-bond acceptors (Lipinski definition) is 5. The Kier molecular flexibility index (Phi) is 4.29. The van der Waals surface area contributed by atoms with Crippen LogP contribution in [-0.4, -0.2) is 40.5 Å². The fraction of sp³-hybridized carbons (Fsp3) is 0.333. The van der Waals surface area contributed by atoms with Gasteiger partial charge >= 0.3 is 0 Å². The first-order chi connectivity index (χ1) is 13.6. The van der Waals surface area contributed by atoms with Gasteiger partial charge in [0.25, 0.3) is 0 Å². The van der Waals surface area contributed by atoms with E-state index in [9.17, 15) is 4.39 Å². The minimum Gasteiger partial charge on any atom is -0.347 e. The summed E-state index contributed by atoms with van der Waals surface area (Å²) in [5.74, 6) is -0.262. The molecule has 0 spiro atoms. The zero-order valence-corrected chi connectivity index (χ0v) is 16.8. The number of aryl methyl sites for hydroxylation is 2. The Morgan fingerprint density at radius 2 is 1.93 bits per heavy atom. The lowest BCUT2D eigenvalue weighted by Gasteiger charge is -2.17. The maximum Gasteiger partial charge on any atom is 0.186 e. The summed E-state index contributed by atoms with van der Waals surface area (Å²) >= 11 is 1.58. The molecule has 1 N–H and O–H groups in total. The smallest absolute Gasteiger partial charge is 0.186 e. The van der Waals surface area contributed by atoms with Crippen LogP contribution in [0.1, 0.15) is 17.7 Å². The number of benzene rings is 1. The summed E-state index contributed by atoms with van der Waals surface area (Å²) < 4.78 is 17.8. The predicted molar refractivity (Wildman–Crippen MR) is 113 cm³/mol. The Morgan fingerprint density at radius 3 is 2.82 bits per heavy atom. The van der Waals surface area contributed by atoms with Gasteiger partial charge in [0.05, 0.1) is 10.4 Å². The summed E-state index contributed by atoms with van der Waals surface area (Å²) in [5, 5.41) is 4.31. The van der Waals surface area contributed by atoms with E-state index in [1.165, 1.54) is 0 Å². The highest BCUT2D eigenvalue weighted by Gasteiger charge is 2.17. The molecule has 144 valence electrons. The first-order valence-electron chi connectivity index (χ1n) is 9.60. The Hall–Kier alpha value is -2.51. The van der Waals surface area contributed by atoms with Gasteiger partial charge in [-0.25, -0.2) is 14.4 Å². The van der Waals surface area contributed by atoms with E-state index in [0.717, 1.165) is 70.5 Å². The number of aromatic nitrogens is 3. The van der Waals surface area contributed by atoms with Crippen LogP contribution in [-0.2, 0) is 0 Å². The van der Waals surface area contributed by atoms with Crippen molar-refractivity contribution in [3.05, 3.63) is 47.7 Å². The van der Waals surface area contributed by atoms with Crippen molar-refractivity contribution < 1.29 is 4.39 Å². The van der Waals surface area contributed by atoms with Gasteiger partial charge in [0.2, 0.25) is 0 Å². The summed E-state index contributed by atoms with van der Waals surface area (Å²) in [6.07, 6.45) is 5.09. The van der Waals surface area contributed by atoms with E-state index in [1.54, 1.807) is 17.4 Å². The van der Waals surface area contributed by atoms with Crippen LogP contribution in [0.5, 0.6) is 0 Å². The molecule has 5 nitrogen and oxygen atoms in total. The van der Waals surface area contributed by atoms with E-state index in [4.69, 9.17) is 0 Å². The number of halogens is 1. The van der Waals surface area contributed by atoms with E-state index in [2.05, 4.69) is 32.3 Å². The molecule has 1 saturated heterocycles. The fourth-order valence-corrected chi connectivity index (χ4v) is 4.94.